The molecule has 1 rings (SSSR count). The molecule has 82 valence electrons. The van der Waals surface area contributed by atoms with E-state index in [1.165, 1.54) is 0 Å². The molecule has 0 fully saturated rings. The highest BCUT2D eigenvalue weighted by atomic mass is 16.3. The van der Waals surface area contributed by atoms with Gasteiger partial charge < -0.3 is 16.2 Å². The molecule has 4 nitrogen and oxygen atoms in total. The third-order valence-corrected chi connectivity index (χ3v) is 2.14. The highest BCUT2D eigenvalue weighted by molar-refractivity contribution is 5.75. The molecule has 0 heterocycles. The van der Waals surface area contributed by atoms with Gasteiger partial charge in [0.15, 0.2) is 0 Å². The van der Waals surface area contributed by atoms with Crippen molar-refractivity contribution in [2.75, 3.05) is 13.2 Å². The average molecular weight is 208 g/mol. The minimum Gasteiger partial charge on any atom is -0.396 e. The standard InChI is InChI=1S/C11H16N2O2/c12-11(15)8-13-10(6-7-14)9-4-2-1-3-5-9/h1-5,10,13-14H,6-8H2,(H2,12,15). The summed E-state index contributed by atoms with van der Waals surface area (Å²) in [6.07, 6.45) is 0.567. The van der Waals surface area contributed by atoms with Gasteiger partial charge in [-0.05, 0) is 12.0 Å². The summed E-state index contributed by atoms with van der Waals surface area (Å²) in [6.45, 7) is 0.199. The van der Waals surface area contributed by atoms with Crippen molar-refractivity contribution in [1.29, 1.82) is 0 Å². The van der Waals surface area contributed by atoms with Crippen LogP contribution in [0.5, 0.6) is 0 Å². The monoisotopic (exact) mass is 208 g/mol. The van der Waals surface area contributed by atoms with Gasteiger partial charge in [-0.3, -0.25) is 4.79 Å². The number of amides is 1. The van der Waals surface area contributed by atoms with Gasteiger partial charge in [0.05, 0.1) is 6.54 Å². The van der Waals surface area contributed by atoms with Crippen LogP contribution in [0, 0.1) is 0 Å². The quantitative estimate of drug-likeness (QED) is 0.624. The molecule has 4 heteroatoms. The minimum atomic E-state index is -0.395. The zero-order chi connectivity index (χ0) is 11.1. The van der Waals surface area contributed by atoms with Crippen molar-refractivity contribution in [1.82, 2.24) is 5.32 Å². The number of nitrogens with two attached hydrogens (primary N) is 1. The first kappa shape index (κ1) is 11.7. The van der Waals surface area contributed by atoms with Crippen LogP contribution < -0.4 is 11.1 Å². The minimum absolute atomic E-state index is 0.0244. The van der Waals surface area contributed by atoms with Crippen molar-refractivity contribution in [3.63, 3.8) is 0 Å². The van der Waals surface area contributed by atoms with Crippen molar-refractivity contribution in [3.05, 3.63) is 35.9 Å². The van der Waals surface area contributed by atoms with Crippen LogP contribution in [0.2, 0.25) is 0 Å². The number of aliphatic hydroxyl groups excluding tert-OH is 1. The molecule has 0 aliphatic rings. The first-order valence-electron chi connectivity index (χ1n) is 4.91. The lowest BCUT2D eigenvalue weighted by molar-refractivity contribution is -0.117. The number of hydrogen-bond acceptors (Lipinski definition) is 3. The summed E-state index contributed by atoms with van der Waals surface area (Å²) in [5.74, 6) is -0.395. The van der Waals surface area contributed by atoms with Crippen LogP contribution in [-0.2, 0) is 4.79 Å². The maximum Gasteiger partial charge on any atom is 0.231 e. The van der Waals surface area contributed by atoms with E-state index in [1.54, 1.807) is 0 Å². The Morgan fingerprint density at radius 3 is 2.60 bits per heavy atom. The van der Waals surface area contributed by atoms with Crippen molar-refractivity contribution < 1.29 is 9.90 Å². The molecule has 1 aromatic rings. The average Bonchev–Trinajstić information content (AvgIpc) is 2.25. The fourth-order valence-electron chi connectivity index (χ4n) is 1.42. The third-order valence-electron chi connectivity index (χ3n) is 2.14. The molecule has 0 spiro atoms. The first-order chi connectivity index (χ1) is 7.24. The second-order valence-corrected chi connectivity index (χ2v) is 3.32. The van der Waals surface area contributed by atoms with Gasteiger partial charge >= 0.3 is 0 Å². The van der Waals surface area contributed by atoms with E-state index in [0.717, 1.165) is 5.56 Å². The van der Waals surface area contributed by atoms with Crippen LogP contribution in [0.4, 0.5) is 0 Å². The molecule has 0 saturated carbocycles. The summed E-state index contributed by atoms with van der Waals surface area (Å²) in [5.41, 5.74) is 6.10. The summed E-state index contributed by atoms with van der Waals surface area (Å²) in [7, 11) is 0. The van der Waals surface area contributed by atoms with Crippen LogP contribution in [-0.4, -0.2) is 24.2 Å². The predicted octanol–water partition coefficient (Wildman–Crippen LogP) is 0.185. The van der Waals surface area contributed by atoms with E-state index in [9.17, 15) is 4.79 Å². The number of nitrogens with one attached hydrogen (secondary N) is 1. The Labute approximate surface area is 89.1 Å². The third kappa shape index (κ3) is 4.10. The Bertz CT molecular complexity index is 301. The van der Waals surface area contributed by atoms with Crippen LogP contribution in [0.15, 0.2) is 30.3 Å². The highest BCUT2D eigenvalue weighted by Gasteiger charge is 2.10. The Morgan fingerprint density at radius 1 is 1.40 bits per heavy atom. The van der Waals surface area contributed by atoms with Gasteiger partial charge in [-0.25, -0.2) is 0 Å². The van der Waals surface area contributed by atoms with Gasteiger partial charge in [-0.2, -0.15) is 0 Å². The van der Waals surface area contributed by atoms with Crippen LogP contribution in [0.25, 0.3) is 0 Å². The highest BCUT2D eigenvalue weighted by Crippen LogP contribution is 2.15. The van der Waals surface area contributed by atoms with Crippen LogP contribution in [0.3, 0.4) is 0 Å². The lowest BCUT2D eigenvalue weighted by Crippen LogP contribution is -2.32. The van der Waals surface area contributed by atoms with Gasteiger partial charge in [0.25, 0.3) is 0 Å². The number of carbonyl (C=O) groups excluding carboxylic acids is 1. The number of aliphatic hydroxyl groups is 1. The van der Waals surface area contributed by atoms with E-state index >= 15 is 0 Å². The Balaban J connectivity index is 2.61. The summed E-state index contributed by atoms with van der Waals surface area (Å²) in [5, 5.41) is 11.9. The SMILES string of the molecule is NC(=O)CNC(CCO)c1ccccc1. The fourth-order valence-corrected chi connectivity index (χ4v) is 1.42. The number of rotatable bonds is 6. The topological polar surface area (TPSA) is 75.4 Å². The van der Waals surface area contributed by atoms with E-state index in [1.807, 2.05) is 30.3 Å². The molecule has 1 unspecified atom stereocenters. The molecular formula is C11H16N2O2. The second-order valence-electron chi connectivity index (χ2n) is 3.32. The first-order valence-corrected chi connectivity index (χ1v) is 4.91. The lowest BCUT2D eigenvalue weighted by Gasteiger charge is -2.17. The zero-order valence-corrected chi connectivity index (χ0v) is 8.52. The van der Waals surface area contributed by atoms with Gasteiger partial charge in [0.1, 0.15) is 0 Å². The summed E-state index contributed by atoms with van der Waals surface area (Å²) < 4.78 is 0. The number of carbonyl (C=O) groups is 1. The predicted molar refractivity (Wildman–Crippen MR) is 58.1 cm³/mol. The van der Waals surface area contributed by atoms with E-state index in [-0.39, 0.29) is 19.2 Å². The van der Waals surface area contributed by atoms with E-state index in [4.69, 9.17) is 10.8 Å². The molecule has 4 N–H and O–H groups in total. The summed E-state index contributed by atoms with van der Waals surface area (Å²) in [6, 6.07) is 9.65. The molecule has 0 saturated heterocycles. The smallest absolute Gasteiger partial charge is 0.231 e. The summed E-state index contributed by atoms with van der Waals surface area (Å²) >= 11 is 0. The van der Waals surface area contributed by atoms with Gasteiger partial charge in [0.2, 0.25) is 5.91 Å². The second kappa shape index (κ2) is 6.16. The van der Waals surface area contributed by atoms with Crippen LogP contribution >= 0.6 is 0 Å². The zero-order valence-electron chi connectivity index (χ0n) is 8.52. The number of benzene rings is 1. The van der Waals surface area contributed by atoms with Crippen molar-refractivity contribution >= 4 is 5.91 Å². The number of hydrogen-bond donors (Lipinski definition) is 3. The molecular weight excluding hydrogens is 192 g/mol. The fraction of sp³-hybridized carbons (Fsp3) is 0.364. The summed E-state index contributed by atoms with van der Waals surface area (Å²) in [4.78, 5) is 10.6. The van der Waals surface area contributed by atoms with Crippen LogP contribution in [0.1, 0.15) is 18.0 Å². The largest absolute Gasteiger partial charge is 0.396 e. The van der Waals surface area contributed by atoms with Crippen molar-refractivity contribution in [2.24, 2.45) is 5.73 Å². The molecule has 0 aliphatic heterocycles. The molecule has 0 aromatic heterocycles. The molecule has 1 amide bonds. The molecule has 15 heavy (non-hydrogen) atoms. The Hall–Kier alpha value is -1.39. The van der Waals surface area contributed by atoms with E-state index < -0.39 is 5.91 Å². The lowest BCUT2D eigenvalue weighted by atomic mass is 10.0. The van der Waals surface area contributed by atoms with Gasteiger partial charge in [0, 0.05) is 12.6 Å². The molecule has 1 aromatic carbocycles. The van der Waals surface area contributed by atoms with Gasteiger partial charge in [-0.15, -0.1) is 0 Å². The molecule has 1 atom stereocenters. The Kier molecular flexibility index (Phi) is 4.80. The van der Waals surface area contributed by atoms with E-state index in [2.05, 4.69) is 5.32 Å². The molecule has 0 radical (unpaired) electrons. The molecule has 0 bridgehead atoms. The maximum atomic E-state index is 10.6. The van der Waals surface area contributed by atoms with E-state index in [0.29, 0.717) is 6.42 Å². The Morgan fingerprint density at radius 2 is 2.07 bits per heavy atom. The maximum absolute atomic E-state index is 10.6. The molecule has 0 aliphatic carbocycles. The normalized spacial score (nSPS) is 12.3. The van der Waals surface area contributed by atoms with Crippen molar-refractivity contribution in [2.45, 2.75) is 12.5 Å². The van der Waals surface area contributed by atoms with Crippen molar-refractivity contribution in [3.8, 4) is 0 Å². The van der Waals surface area contributed by atoms with Gasteiger partial charge in [-0.1, -0.05) is 30.3 Å². The number of primary amides is 1.